The van der Waals surface area contributed by atoms with Crippen LogP contribution >= 0.6 is 0 Å². The highest BCUT2D eigenvalue weighted by molar-refractivity contribution is 5.92. The lowest BCUT2D eigenvalue weighted by molar-refractivity contribution is 0.0900. The monoisotopic (exact) mass is 289 g/mol. The van der Waals surface area contributed by atoms with E-state index >= 15 is 0 Å². The maximum atomic E-state index is 12.4. The summed E-state index contributed by atoms with van der Waals surface area (Å²) in [7, 11) is 0. The van der Waals surface area contributed by atoms with Gasteiger partial charge in [-0.15, -0.1) is 0 Å². The van der Waals surface area contributed by atoms with Gasteiger partial charge in [-0.3, -0.25) is 4.79 Å². The van der Waals surface area contributed by atoms with Crippen LogP contribution in [0.15, 0.2) is 18.2 Å². The van der Waals surface area contributed by atoms with Gasteiger partial charge in [-0.2, -0.15) is 0 Å². The van der Waals surface area contributed by atoms with Crippen molar-refractivity contribution in [1.82, 2.24) is 10.3 Å². The highest BCUT2D eigenvalue weighted by Crippen LogP contribution is 2.26. The fraction of sp³-hybridized carbons (Fsp3) is 0.647. The van der Waals surface area contributed by atoms with E-state index in [1.165, 1.54) is 19.3 Å². The number of amides is 1. The van der Waals surface area contributed by atoms with Gasteiger partial charge in [0.15, 0.2) is 0 Å². The van der Waals surface area contributed by atoms with Crippen molar-refractivity contribution in [2.45, 2.75) is 58.4 Å². The molecule has 1 aromatic heterocycles. The van der Waals surface area contributed by atoms with Crippen LogP contribution in [0.2, 0.25) is 0 Å². The highest BCUT2D eigenvalue weighted by atomic mass is 16.1. The van der Waals surface area contributed by atoms with Crippen molar-refractivity contribution >= 4 is 11.7 Å². The molecule has 1 heterocycles. The Hall–Kier alpha value is -1.58. The molecule has 21 heavy (non-hydrogen) atoms. The molecule has 2 rings (SSSR count). The fourth-order valence-corrected chi connectivity index (χ4v) is 3.04. The Morgan fingerprint density at radius 1 is 1.29 bits per heavy atom. The van der Waals surface area contributed by atoms with Gasteiger partial charge < -0.3 is 10.6 Å². The predicted molar refractivity (Wildman–Crippen MR) is 86.5 cm³/mol. The summed E-state index contributed by atoms with van der Waals surface area (Å²) in [5, 5.41) is 6.41. The highest BCUT2D eigenvalue weighted by Gasteiger charge is 2.25. The quantitative estimate of drug-likeness (QED) is 0.841. The lowest BCUT2D eigenvalue weighted by Gasteiger charge is -2.31. The molecule has 2 atom stereocenters. The fourth-order valence-electron chi connectivity index (χ4n) is 3.04. The summed E-state index contributed by atoms with van der Waals surface area (Å²) >= 11 is 0. The Morgan fingerprint density at radius 3 is 2.86 bits per heavy atom. The summed E-state index contributed by atoms with van der Waals surface area (Å²) in [5.74, 6) is 1.35. The van der Waals surface area contributed by atoms with Crippen LogP contribution in [-0.2, 0) is 0 Å². The molecule has 0 bridgehead atoms. The first-order chi connectivity index (χ1) is 10.2. The Bertz CT molecular complexity index is 461. The normalized spacial score (nSPS) is 21.8. The van der Waals surface area contributed by atoms with E-state index in [9.17, 15) is 4.79 Å². The van der Waals surface area contributed by atoms with Gasteiger partial charge in [-0.25, -0.2) is 4.98 Å². The molecule has 1 aromatic rings. The Labute approximate surface area is 127 Å². The van der Waals surface area contributed by atoms with E-state index in [1.54, 1.807) is 6.07 Å². The van der Waals surface area contributed by atoms with Crippen LogP contribution in [-0.4, -0.2) is 23.5 Å². The van der Waals surface area contributed by atoms with E-state index < -0.39 is 0 Å². The van der Waals surface area contributed by atoms with Crippen molar-refractivity contribution in [1.29, 1.82) is 0 Å². The third-order valence-electron chi connectivity index (χ3n) is 4.29. The van der Waals surface area contributed by atoms with Crippen LogP contribution in [0.1, 0.15) is 62.9 Å². The van der Waals surface area contributed by atoms with Gasteiger partial charge in [0.2, 0.25) is 0 Å². The minimum absolute atomic E-state index is 0.0412. The molecule has 0 radical (unpaired) electrons. The number of anilines is 1. The molecule has 0 aromatic carbocycles. The van der Waals surface area contributed by atoms with Gasteiger partial charge in [-0.1, -0.05) is 39.2 Å². The van der Waals surface area contributed by atoms with Crippen LogP contribution in [0.5, 0.6) is 0 Å². The van der Waals surface area contributed by atoms with Crippen LogP contribution in [0.4, 0.5) is 5.82 Å². The average molecular weight is 289 g/mol. The SMILES string of the molecule is CCCNc1cccc(C(=O)NC2CCCCC2CC)n1. The average Bonchev–Trinajstić information content (AvgIpc) is 2.53. The first-order valence-corrected chi connectivity index (χ1v) is 8.26. The van der Waals surface area contributed by atoms with Gasteiger partial charge in [0, 0.05) is 12.6 Å². The van der Waals surface area contributed by atoms with Crippen LogP contribution < -0.4 is 10.6 Å². The number of hydrogen-bond acceptors (Lipinski definition) is 3. The second kappa shape index (κ2) is 8.01. The smallest absolute Gasteiger partial charge is 0.270 e. The number of carbonyl (C=O) groups is 1. The zero-order valence-corrected chi connectivity index (χ0v) is 13.2. The minimum atomic E-state index is -0.0412. The van der Waals surface area contributed by atoms with E-state index in [4.69, 9.17) is 0 Å². The van der Waals surface area contributed by atoms with Crippen molar-refractivity contribution in [2.75, 3.05) is 11.9 Å². The van der Waals surface area contributed by atoms with E-state index in [1.807, 2.05) is 12.1 Å². The molecule has 1 aliphatic rings. The number of hydrogen-bond donors (Lipinski definition) is 2. The second-order valence-electron chi connectivity index (χ2n) is 5.87. The van der Waals surface area contributed by atoms with Gasteiger partial charge in [0.25, 0.3) is 5.91 Å². The summed E-state index contributed by atoms with van der Waals surface area (Å²) in [6.45, 7) is 5.19. The number of rotatable bonds is 6. The molecule has 0 aliphatic heterocycles. The molecule has 2 N–H and O–H groups in total. The van der Waals surface area contributed by atoms with Crippen LogP contribution in [0, 0.1) is 5.92 Å². The topological polar surface area (TPSA) is 54.0 Å². The molecule has 1 amide bonds. The largest absolute Gasteiger partial charge is 0.370 e. The van der Waals surface area contributed by atoms with E-state index in [0.29, 0.717) is 17.7 Å². The number of aromatic nitrogens is 1. The van der Waals surface area contributed by atoms with Crippen molar-refractivity contribution in [2.24, 2.45) is 5.92 Å². The molecule has 0 saturated heterocycles. The van der Waals surface area contributed by atoms with Crippen molar-refractivity contribution < 1.29 is 4.79 Å². The Balaban J connectivity index is 1.98. The molecule has 116 valence electrons. The molecule has 4 heteroatoms. The lowest BCUT2D eigenvalue weighted by Crippen LogP contribution is -2.42. The van der Waals surface area contributed by atoms with Crippen molar-refractivity contribution in [3.05, 3.63) is 23.9 Å². The lowest BCUT2D eigenvalue weighted by atomic mass is 9.83. The maximum Gasteiger partial charge on any atom is 0.270 e. The first-order valence-electron chi connectivity index (χ1n) is 8.26. The minimum Gasteiger partial charge on any atom is -0.370 e. The summed E-state index contributed by atoms with van der Waals surface area (Å²) < 4.78 is 0. The molecular weight excluding hydrogens is 262 g/mol. The zero-order valence-electron chi connectivity index (χ0n) is 13.2. The third kappa shape index (κ3) is 4.45. The summed E-state index contributed by atoms with van der Waals surface area (Å²) in [5.41, 5.74) is 0.511. The van der Waals surface area contributed by atoms with Gasteiger partial charge >= 0.3 is 0 Å². The summed E-state index contributed by atoms with van der Waals surface area (Å²) in [4.78, 5) is 16.8. The third-order valence-corrected chi connectivity index (χ3v) is 4.29. The predicted octanol–water partition coefficient (Wildman–Crippen LogP) is 3.60. The number of carbonyl (C=O) groups excluding carboxylic acids is 1. The first kappa shape index (κ1) is 15.8. The van der Waals surface area contributed by atoms with Crippen LogP contribution in [0.3, 0.4) is 0 Å². The van der Waals surface area contributed by atoms with E-state index in [2.05, 4.69) is 29.5 Å². The van der Waals surface area contributed by atoms with E-state index in [0.717, 1.165) is 31.6 Å². The Morgan fingerprint density at radius 2 is 2.10 bits per heavy atom. The number of pyridine rings is 1. The standard InChI is InChI=1S/C17H27N3O/c1-3-12-18-16-11-7-10-15(19-16)17(21)20-14-9-6-5-8-13(14)4-2/h7,10-11,13-14H,3-6,8-9,12H2,1-2H3,(H,18,19)(H,20,21). The molecule has 1 saturated carbocycles. The summed E-state index contributed by atoms with van der Waals surface area (Å²) in [6, 6.07) is 5.89. The zero-order chi connectivity index (χ0) is 15.1. The molecular formula is C17H27N3O. The van der Waals surface area contributed by atoms with E-state index in [-0.39, 0.29) is 5.91 Å². The molecule has 1 fully saturated rings. The van der Waals surface area contributed by atoms with Crippen LogP contribution in [0.25, 0.3) is 0 Å². The molecule has 1 aliphatic carbocycles. The molecule has 2 unspecified atom stereocenters. The van der Waals surface area contributed by atoms with Gasteiger partial charge in [0.05, 0.1) is 0 Å². The number of nitrogens with zero attached hydrogens (tertiary/aromatic N) is 1. The summed E-state index contributed by atoms with van der Waals surface area (Å²) in [6.07, 6.45) is 7.01. The van der Waals surface area contributed by atoms with Crippen molar-refractivity contribution in [3.8, 4) is 0 Å². The molecule has 4 nitrogen and oxygen atoms in total. The van der Waals surface area contributed by atoms with Crippen molar-refractivity contribution in [3.63, 3.8) is 0 Å². The maximum absolute atomic E-state index is 12.4. The Kier molecular flexibility index (Phi) is 6.03. The van der Waals surface area contributed by atoms with Gasteiger partial charge in [0.1, 0.15) is 11.5 Å². The van der Waals surface area contributed by atoms with Gasteiger partial charge in [-0.05, 0) is 37.3 Å². The second-order valence-corrected chi connectivity index (χ2v) is 5.87. The molecule has 0 spiro atoms. The number of nitrogens with one attached hydrogen (secondary N) is 2.